The summed E-state index contributed by atoms with van der Waals surface area (Å²) in [4.78, 5) is 39.3. The third-order valence-corrected chi connectivity index (χ3v) is 6.88. The van der Waals surface area contributed by atoms with Crippen LogP contribution in [0.2, 0.25) is 0 Å². The molecule has 0 aliphatic carbocycles. The molecule has 188 valence electrons. The first-order chi connectivity index (χ1) is 16.0. The second kappa shape index (κ2) is 11.1. The Kier molecular flexibility index (Phi) is 8.40. The van der Waals surface area contributed by atoms with E-state index in [0.29, 0.717) is 38.8 Å². The van der Waals surface area contributed by atoms with Gasteiger partial charge in [-0.05, 0) is 81.4 Å². The third-order valence-electron chi connectivity index (χ3n) is 6.88. The Morgan fingerprint density at radius 1 is 1.03 bits per heavy atom. The number of nitrogens with zero attached hydrogens (tertiary/aromatic N) is 2. The molecule has 34 heavy (non-hydrogen) atoms. The Bertz CT molecular complexity index is 870. The maximum atomic E-state index is 12.8. The molecule has 2 fully saturated rings. The second-order valence-corrected chi connectivity index (χ2v) is 9.16. The average molecular weight is 485 g/mol. The van der Waals surface area contributed by atoms with Crippen LogP contribution in [0.5, 0.6) is 0 Å². The molecule has 3 rings (SSSR count). The van der Waals surface area contributed by atoms with Gasteiger partial charge in [0.2, 0.25) is 5.91 Å². The standard InChI is InChI=1S/C23H31F3N4O4/c24-23(25,26)18-1-3-19(4-2-18)28-22(34)30-12-8-16(13-20(31)32)17(14-30)7-11-29-9-5-15(6-10-29)21(27)33/h1-4,15-17H,5-14H2,(H2,27,33)(H,28,34)(H,31,32). The number of alkyl halides is 3. The fraction of sp³-hybridized carbons (Fsp3) is 0.609. The molecule has 3 amide bonds. The van der Waals surface area contributed by atoms with Gasteiger partial charge in [-0.25, -0.2) is 4.79 Å². The summed E-state index contributed by atoms with van der Waals surface area (Å²) in [6, 6.07) is 3.84. The van der Waals surface area contributed by atoms with Crippen molar-refractivity contribution in [2.45, 2.75) is 38.3 Å². The molecule has 4 N–H and O–H groups in total. The molecule has 2 aliphatic rings. The van der Waals surface area contributed by atoms with Crippen LogP contribution in [0.15, 0.2) is 24.3 Å². The minimum atomic E-state index is -4.45. The van der Waals surface area contributed by atoms with Crippen LogP contribution < -0.4 is 11.1 Å². The summed E-state index contributed by atoms with van der Waals surface area (Å²) in [6.45, 7) is 3.00. The summed E-state index contributed by atoms with van der Waals surface area (Å²) in [5, 5.41) is 11.9. The lowest BCUT2D eigenvalue weighted by Gasteiger charge is -2.39. The van der Waals surface area contributed by atoms with Gasteiger partial charge in [0.25, 0.3) is 0 Å². The summed E-state index contributed by atoms with van der Waals surface area (Å²) in [6.07, 6.45) is -1.75. The number of urea groups is 1. The molecule has 0 aromatic heterocycles. The van der Waals surface area contributed by atoms with Crippen LogP contribution >= 0.6 is 0 Å². The van der Waals surface area contributed by atoms with Crippen LogP contribution in [0.3, 0.4) is 0 Å². The Balaban J connectivity index is 1.57. The number of aliphatic carboxylic acids is 1. The predicted octanol–water partition coefficient (Wildman–Crippen LogP) is 3.24. The maximum absolute atomic E-state index is 12.8. The van der Waals surface area contributed by atoms with E-state index in [1.165, 1.54) is 12.1 Å². The van der Waals surface area contributed by atoms with E-state index < -0.39 is 23.7 Å². The van der Waals surface area contributed by atoms with Crippen molar-refractivity contribution in [1.82, 2.24) is 9.80 Å². The van der Waals surface area contributed by atoms with Gasteiger partial charge in [0.1, 0.15) is 0 Å². The van der Waals surface area contributed by atoms with Gasteiger partial charge in [-0.15, -0.1) is 0 Å². The van der Waals surface area contributed by atoms with E-state index in [2.05, 4.69) is 10.2 Å². The van der Waals surface area contributed by atoms with Crippen molar-refractivity contribution in [3.05, 3.63) is 29.8 Å². The first kappa shape index (κ1) is 25.8. The van der Waals surface area contributed by atoms with Crippen molar-refractivity contribution in [1.29, 1.82) is 0 Å². The van der Waals surface area contributed by atoms with Gasteiger partial charge in [-0.2, -0.15) is 13.2 Å². The number of hydrogen-bond acceptors (Lipinski definition) is 4. The highest BCUT2D eigenvalue weighted by molar-refractivity contribution is 5.89. The van der Waals surface area contributed by atoms with Crippen molar-refractivity contribution in [2.24, 2.45) is 23.5 Å². The summed E-state index contributed by atoms with van der Waals surface area (Å²) >= 11 is 0. The molecule has 0 bridgehead atoms. The van der Waals surface area contributed by atoms with E-state index in [-0.39, 0.29) is 35.8 Å². The number of halogens is 3. The lowest BCUT2D eigenvalue weighted by atomic mass is 9.81. The van der Waals surface area contributed by atoms with Crippen LogP contribution in [0.4, 0.5) is 23.7 Å². The lowest BCUT2D eigenvalue weighted by Crippen LogP contribution is -2.47. The number of anilines is 1. The molecule has 2 heterocycles. The molecule has 2 aliphatic heterocycles. The fourth-order valence-corrected chi connectivity index (χ4v) is 4.82. The number of nitrogens with one attached hydrogen (secondary N) is 1. The number of rotatable bonds is 7. The lowest BCUT2D eigenvalue weighted by molar-refractivity contribution is -0.139. The van der Waals surface area contributed by atoms with Crippen molar-refractivity contribution in [3.8, 4) is 0 Å². The topological polar surface area (TPSA) is 116 Å². The number of hydrogen-bond donors (Lipinski definition) is 3. The number of piperidine rings is 2. The van der Waals surface area contributed by atoms with Gasteiger partial charge < -0.3 is 26.0 Å². The summed E-state index contributed by atoms with van der Waals surface area (Å²) in [5.74, 6) is -1.33. The molecule has 0 spiro atoms. The highest BCUT2D eigenvalue weighted by Crippen LogP contribution is 2.32. The summed E-state index contributed by atoms with van der Waals surface area (Å²) in [5.41, 5.74) is 4.86. The van der Waals surface area contributed by atoms with Crippen LogP contribution in [0.1, 0.15) is 37.7 Å². The highest BCUT2D eigenvalue weighted by atomic mass is 19.4. The molecule has 0 radical (unpaired) electrons. The number of carbonyl (C=O) groups is 3. The Labute approximate surface area is 196 Å². The SMILES string of the molecule is NC(=O)C1CCN(CCC2CN(C(=O)Nc3ccc(C(F)(F)F)cc3)CCC2CC(=O)O)CC1. The van der Waals surface area contributed by atoms with Gasteiger partial charge in [-0.1, -0.05) is 0 Å². The van der Waals surface area contributed by atoms with Gasteiger partial charge >= 0.3 is 18.2 Å². The number of carboxylic acid groups (broad SMARTS) is 1. The van der Waals surface area contributed by atoms with Gasteiger partial charge in [0.15, 0.2) is 0 Å². The monoisotopic (exact) mass is 484 g/mol. The normalized spacial score (nSPS) is 22.4. The van der Waals surface area contributed by atoms with Gasteiger partial charge in [0.05, 0.1) is 5.56 Å². The smallest absolute Gasteiger partial charge is 0.416 e. The van der Waals surface area contributed by atoms with E-state index in [9.17, 15) is 32.7 Å². The first-order valence-electron chi connectivity index (χ1n) is 11.5. The van der Waals surface area contributed by atoms with E-state index in [0.717, 1.165) is 31.8 Å². The van der Waals surface area contributed by atoms with E-state index in [1.54, 1.807) is 4.90 Å². The molecule has 1 aromatic carbocycles. The van der Waals surface area contributed by atoms with Crippen LogP contribution in [-0.4, -0.2) is 65.5 Å². The molecule has 0 saturated carbocycles. The number of amides is 3. The quantitative estimate of drug-likeness (QED) is 0.550. The zero-order valence-corrected chi connectivity index (χ0v) is 18.9. The molecule has 8 nitrogen and oxygen atoms in total. The zero-order chi connectivity index (χ0) is 24.9. The Hall–Kier alpha value is -2.82. The maximum Gasteiger partial charge on any atom is 0.416 e. The van der Waals surface area contributed by atoms with Gasteiger partial charge in [-0.3, -0.25) is 9.59 Å². The van der Waals surface area contributed by atoms with Gasteiger partial charge in [0, 0.05) is 31.1 Å². The number of likely N-dealkylation sites (tertiary alicyclic amines) is 2. The first-order valence-corrected chi connectivity index (χ1v) is 11.5. The van der Waals surface area contributed by atoms with Crippen LogP contribution in [-0.2, 0) is 15.8 Å². The minimum Gasteiger partial charge on any atom is -0.481 e. The number of nitrogens with two attached hydrogens (primary N) is 1. The number of carboxylic acids is 1. The predicted molar refractivity (Wildman–Crippen MR) is 119 cm³/mol. The third kappa shape index (κ3) is 7.09. The number of benzene rings is 1. The van der Waals surface area contributed by atoms with E-state index in [4.69, 9.17) is 5.73 Å². The van der Waals surface area contributed by atoms with Crippen molar-refractivity contribution < 1.29 is 32.7 Å². The Morgan fingerprint density at radius 3 is 2.24 bits per heavy atom. The molecule has 11 heteroatoms. The van der Waals surface area contributed by atoms with Crippen molar-refractivity contribution >= 4 is 23.6 Å². The number of carbonyl (C=O) groups excluding carboxylic acids is 2. The molecule has 2 saturated heterocycles. The fourth-order valence-electron chi connectivity index (χ4n) is 4.82. The van der Waals surface area contributed by atoms with Crippen molar-refractivity contribution in [3.63, 3.8) is 0 Å². The number of primary amides is 1. The molecular weight excluding hydrogens is 453 g/mol. The largest absolute Gasteiger partial charge is 0.481 e. The van der Waals surface area contributed by atoms with E-state index >= 15 is 0 Å². The minimum absolute atomic E-state index is 0.0166. The molecule has 2 unspecified atom stereocenters. The average Bonchev–Trinajstić information content (AvgIpc) is 2.78. The molecule has 1 aromatic rings. The molecular formula is C23H31F3N4O4. The Morgan fingerprint density at radius 2 is 1.68 bits per heavy atom. The molecule has 2 atom stereocenters. The van der Waals surface area contributed by atoms with Crippen LogP contribution in [0.25, 0.3) is 0 Å². The van der Waals surface area contributed by atoms with Crippen molar-refractivity contribution in [2.75, 3.05) is 38.0 Å². The second-order valence-electron chi connectivity index (χ2n) is 9.16. The zero-order valence-electron chi connectivity index (χ0n) is 18.9. The summed E-state index contributed by atoms with van der Waals surface area (Å²) < 4.78 is 38.2. The van der Waals surface area contributed by atoms with Crippen LogP contribution in [0, 0.1) is 17.8 Å². The highest BCUT2D eigenvalue weighted by Gasteiger charge is 2.34. The van der Waals surface area contributed by atoms with E-state index in [1.807, 2.05) is 0 Å². The summed E-state index contributed by atoms with van der Waals surface area (Å²) in [7, 11) is 0.